The first kappa shape index (κ1) is 13.1. The summed E-state index contributed by atoms with van der Waals surface area (Å²) in [4.78, 5) is 1.87. The molecule has 1 saturated carbocycles. The Morgan fingerprint density at radius 2 is 1.89 bits per heavy atom. The van der Waals surface area contributed by atoms with Gasteiger partial charge in [-0.3, -0.25) is 0 Å². The molecule has 18 heavy (non-hydrogen) atoms. The largest absolute Gasteiger partial charge is 0.395 e. The first-order valence-electron chi connectivity index (χ1n) is 6.53. The Hall–Kier alpha value is -1.32. The van der Waals surface area contributed by atoms with Crippen LogP contribution in [0, 0.1) is 17.6 Å². The van der Waals surface area contributed by atoms with E-state index >= 15 is 0 Å². The van der Waals surface area contributed by atoms with E-state index in [4.69, 9.17) is 5.73 Å². The molecular weight excluding hydrogens is 234 g/mol. The molecule has 1 aromatic carbocycles. The number of nitrogens with zero attached hydrogens (tertiary/aromatic N) is 1. The molecule has 1 fully saturated rings. The van der Waals surface area contributed by atoms with Crippen molar-refractivity contribution in [2.24, 2.45) is 5.92 Å². The second-order valence-electron chi connectivity index (χ2n) is 5.20. The first-order chi connectivity index (χ1) is 8.58. The van der Waals surface area contributed by atoms with Gasteiger partial charge in [-0.2, -0.15) is 0 Å². The predicted octanol–water partition coefficient (Wildman–Crippen LogP) is 3.56. The standard InChI is InChI=1S/C14H20F2N2/c1-18(9-10-5-3-2-4-6-10)13-8-11(15)7-12(16)14(13)17/h7-8,10H,2-6,9,17H2,1H3. The van der Waals surface area contributed by atoms with E-state index in [0.717, 1.165) is 12.6 Å². The number of benzene rings is 1. The van der Waals surface area contributed by atoms with Crippen molar-refractivity contribution < 1.29 is 8.78 Å². The Morgan fingerprint density at radius 1 is 1.22 bits per heavy atom. The summed E-state index contributed by atoms with van der Waals surface area (Å²) in [5.41, 5.74) is 6.17. The van der Waals surface area contributed by atoms with E-state index in [2.05, 4.69) is 0 Å². The fourth-order valence-corrected chi connectivity index (χ4v) is 2.74. The van der Waals surface area contributed by atoms with Gasteiger partial charge in [0, 0.05) is 19.7 Å². The fraction of sp³-hybridized carbons (Fsp3) is 0.571. The maximum atomic E-state index is 13.4. The van der Waals surface area contributed by atoms with Crippen molar-refractivity contribution in [2.75, 3.05) is 24.2 Å². The zero-order valence-corrected chi connectivity index (χ0v) is 10.8. The van der Waals surface area contributed by atoms with E-state index in [1.165, 1.54) is 38.2 Å². The van der Waals surface area contributed by atoms with Crippen LogP contribution in [0.1, 0.15) is 32.1 Å². The van der Waals surface area contributed by atoms with Crippen LogP contribution in [0.25, 0.3) is 0 Å². The van der Waals surface area contributed by atoms with Crippen LogP contribution in [0.5, 0.6) is 0 Å². The van der Waals surface area contributed by atoms with Crippen LogP contribution in [0.2, 0.25) is 0 Å². The molecule has 0 atom stereocenters. The molecule has 2 rings (SSSR count). The Bertz CT molecular complexity index is 415. The van der Waals surface area contributed by atoms with E-state index in [0.29, 0.717) is 11.6 Å². The number of anilines is 2. The third-order valence-corrected chi connectivity index (χ3v) is 3.74. The molecule has 1 aromatic rings. The fourth-order valence-electron chi connectivity index (χ4n) is 2.74. The van der Waals surface area contributed by atoms with Gasteiger partial charge < -0.3 is 10.6 Å². The minimum absolute atomic E-state index is 0.0368. The molecule has 100 valence electrons. The summed E-state index contributed by atoms with van der Waals surface area (Å²) in [6, 6.07) is 2.13. The molecule has 2 N–H and O–H groups in total. The van der Waals surface area contributed by atoms with Crippen LogP contribution >= 0.6 is 0 Å². The van der Waals surface area contributed by atoms with Crippen LogP contribution in [0.15, 0.2) is 12.1 Å². The van der Waals surface area contributed by atoms with Gasteiger partial charge in [0.05, 0.1) is 11.4 Å². The normalized spacial score (nSPS) is 16.8. The Balaban J connectivity index is 2.10. The molecular formula is C14H20F2N2. The summed E-state index contributed by atoms with van der Waals surface area (Å²) >= 11 is 0. The average Bonchev–Trinajstić information content (AvgIpc) is 2.35. The van der Waals surface area contributed by atoms with Crippen molar-refractivity contribution in [3.63, 3.8) is 0 Å². The maximum absolute atomic E-state index is 13.4. The number of nitrogen functional groups attached to an aromatic ring is 1. The first-order valence-corrected chi connectivity index (χ1v) is 6.53. The molecule has 0 aromatic heterocycles. The zero-order chi connectivity index (χ0) is 13.1. The summed E-state index contributed by atoms with van der Waals surface area (Å²) in [6.45, 7) is 0.813. The van der Waals surface area contributed by atoms with E-state index in [1.54, 1.807) is 0 Å². The number of rotatable bonds is 3. The molecule has 1 aliphatic carbocycles. The molecule has 4 heteroatoms. The van der Waals surface area contributed by atoms with Gasteiger partial charge in [0.15, 0.2) is 5.82 Å². The van der Waals surface area contributed by atoms with Gasteiger partial charge in [-0.15, -0.1) is 0 Å². The second-order valence-corrected chi connectivity index (χ2v) is 5.20. The Morgan fingerprint density at radius 3 is 2.56 bits per heavy atom. The van der Waals surface area contributed by atoms with Crippen LogP contribution in [-0.4, -0.2) is 13.6 Å². The van der Waals surface area contributed by atoms with E-state index in [9.17, 15) is 8.78 Å². The van der Waals surface area contributed by atoms with Gasteiger partial charge >= 0.3 is 0 Å². The van der Waals surface area contributed by atoms with Crippen molar-refractivity contribution in [1.82, 2.24) is 0 Å². The zero-order valence-electron chi connectivity index (χ0n) is 10.8. The number of hydrogen-bond donors (Lipinski definition) is 1. The molecule has 0 spiro atoms. The monoisotopic (exact) mass is 254 g/mol. The van der Waals surface area contributed by atoms with Gasteiger partial charge in [0.2, 0.25) is 0 Å². The number of nitrogens with two attached hydrogens (primary N) is 1. The van der Waals surface area contributed by atoms with Crippen molar-refractivity contribution >= 4 is 11.4 Å². The summed E-state index contributed by atoms with van der Waals surface area (Å²) in [5, 5.41) is 0. The topological polar surface area (TPSA) is 29.3 Å². The van der Waals surface area contributed by atoms with Gasteiger partial charge in [-0.25, -0.2) is 8.78 Å². The van der Waals surface area contributed by atoms with Gasteiger partial charge in [0.1, 0.15) is 5.82 Å². The quantitative estimate of drug-likeness (QED) is 0.836. The molecule has 2 nitrogen and oxygen atoms in total. The molecule has 1 aliphatic rings. The highest BCUT2D eigenvalue weighted by atomic mass is 19.1. The average molecular weight is 254 g/mol. The lowest BCUT2D eigenvalue weighted by Crippen LogP contribution is -2.27. The van der Waals surface area contributed by atoms with Crippen LogP contribution in [0.3, 0.4) is 0 Å². The highest BCUT2D eigenvalue weighted by Crippen LogP contribution is 2.30. The van der Waals surface area contributed by atoms with Gasteiger partial charge in [-0.1, -0.05) is 19.3 Å². The van der Waals surface area contributed by atoms with Gasteiger partial charge in [0.25, 0.3) is 0 Å². The molecule has 0 bridgehead atoms. The smallest absolute Gasteiger partial charge is 0.151 e. The second kappa shape index (κ2) is 5.55. The van der Waals surface area contributed by atoms with Crippen molar-refractivity contribution in [3.8, 4) is 0 Å². The summed E-state index contributed by atoms with van der Waals surface area (Å²) < 4.78 is 26.6. The number of halogens is 2. The van der Waals surface area contributed by atoms with E-state index in [-0.39, 0.29) is 5.69 Å². The molecule has 0 aliphatic heterocycles. The lowest BCUT2D eigenvalue weighted by atomic mass is 9.89. The van der Waals surface area contributed by atoms with E-state index in [1.807, 2.05) is 11.9 Å². The minimum atomic E-state index is -0.680. The molecule has 0 heterocycles. The lowest BCUT2D eigenvalue weighted by molar-refractivity contribution is 0.362. The lowest BCUT2D eigenvalue weighted by Gasteiger charge is -2.29. The highest BCUT2D eigenvalue weighted by molar-refractivity contribution is 5.67. The Kier molecular flexibility index (Phi) is 4.04. The molecule has 0 amide bonds. The highest BCUT2D eigenvalue weighted by Gasteiger charge is 2.18. The van der Waals surface area contributed by atoms with Crippen molar-refractivity contribution in [3.05, 3.63) is 23.8 Å². The van der Waals surface area contributed by atoms with E-state index < -0.39 is 11.6 Å². The van der Waals surface area contributed by atoms with Gasteiger partial charge in [-0.05, 0) is 24.8 Å². The number of hydrogen-bond acceptors (Lipinski definition) is 2. The third-order valence-electron chi connectivity index (χ3n) is 3.74. The summed E-state index contributed by atoms with van der Waals surface area (Å²) in [7, 11) is 1.85. The molecule has 0 saturated heterocycles. The summed E-state index contributed by atoms with van der Waals surface area (Å²) in [5.74, 6) is -0.651. The predicted molar refractivity (Wildman–Crippen MR) is 70.6 cm³/mol. The SMILES string of the molecule is CN(CC1CCCCC1)c1cc(F)cc(F)c1N. The maximum Gasteiger partial charge on any atom is 0.151 e. The summed E-state index contributed by atoms with van der Waals surface area (Å²) in [6.07, 6.45) is 6.21. The minimum Gasteiger partial charge on any atom is -0.395 e. The van der Waals surface area contributed by atoms with Crippen LogP contribution in [0.4, 0.5) is 20.2 Å². The Labute approximate surface area is 107 Å². The van der Waals surface area contributed by atoms with Crippen LogP contribution in [-0.2, 0) is 0 Å². The molecule has 0 radical (unpaired) electrons. The third kappa shape index (κ3) is 2.92. The molecule has 0 unspecified atom stereocenters. The van der Waals surface area contributed by atoms with Crippen LogP contribution < -0.4 is 10.6 Å². The van der Waals surface area contributed by atoms with Crippen molar-refractivity contribution in [2.45, 2.75) is 32.1 Å². The van der Waals surface area contributed by atoms with Crippen molar-refractivity contribution in [1.29, 1.82) is 0 Å².